The third-order valence-electron chi connectivity index (χ3n) is 3.68. The highest BCUT2D eigenvalue weighted by molar-refractivity contribution is 5.46. The topological polar surface area (TPSA) is 105 Å². The van der Waals surface area contributed by atoms with Gasteiger partial charge in [0, 0.05) is 19.2 Å². The molecule has 0 radical (unpaired) electrons. The summed E-state index contributed by atoms with van der Waals surface area (Å²) >= 11 is 0. The molecule has 5 N–H and O–H groups in total. The maximum atomic E-state index is 9.70. The molecule has 0 spiro atoms. The van der Waals surface area contributed by atoms with Crippen LogP contribution in [0.15, 0.2) is 6.07 Å². The van der Waals surface area contributed by atoms with Gasteiger partial charge in [-0.1, -0.05) is 6.42 Å². The zero-order chi connectivity index (χ0) is 15.1. The van der Waals surface area contributed by atoms with E-state index in [1.807, 2.05) is 6.92 Å². The summed E-state index contributed by atoms with van der Waals surface area (Å²) in [6, 6.07) is 1.77. The Hall–Kier alpha value is -1.44. The van der Waals surface area contributed by atoms with Gasteiger partial charge in [0.1, 0.15) is 18.2 Å². The minimum Gasteiger partial charge on any atom is -0.393 e. The molecule has 0 saturated heterocycles. The van der Waals surface area contributed by atoms with E-state index in [1.165, 1.54) is 0 Å². The summed E-state index contributed by atoms with van der Waals surface area (Å²) in [7, 11) is 0. The van der Waals surface area contributed by atoms with Crippen molar-refractivity contribution in [3.05, 3.63) is 11.9 Å². The number of nitrogens with two attached hydrogens (primary N) is 1. The summed E-state index contributed by atoms with van der Waals surface area (Å²) in [6.45, 7) is 3.71. The molecule has 118 valence electrons. The van der Waals surface area contributed by atoms with E-state index in [9.17, 15) is 5.11 Å². The fourth-order valence-electron chi connectivity index (χ4n) is 2.62. The van der Waals surface area contributed by atoms with Gasteiger partial charge in [0.2, 0.25) is 0 Å². The summed E-state index contributed by atoms with van der Waals surface area (Å²) in [5.74, 6) is 7.80. The number of nitrogens with one attached hydrogen (secondary N) is 2. The van der Waals surface area contributed by atoms with Gasteiger partial charge in [0.05, 0.1) is 6.10 Å². The van der Waals surface area contributed by atoms with Crippen molar-refractivity contribution in [1.29, 1.82) is 0 Å². The second kappa shape index (κ2) is 8.11. The Morgan fingerprint density at radius 1 is 1.38 bits per heavy atom. The third-order valence-corrected chi connectivity index (χ3v) is 3.68. The molecular weight excluding hydrogens is 270 g/mol. The first-order chi connectivity index (χ1) is 10.2. The van der Waals surface area contributed by atoms with Gasteiger partial charge in [-0.25, -0.2) is 15.8 Å². The monoisotopic (exact) mass is 295 g/mol. The maximum absolute atomic E-state index is 9.70. The summed E-state index contributed by atoms with van der Waals surface area (Å²) in [4.78, 5) is 8.66. The first-order valence-corrected chi connectivity index (χ1v) is 7.55. The van der Waals surface area contributed by atoms with Gasteiger partial charge in [-0.3, -0.25) is 0 Å². The lowest BCUT2D eigenvalue weighted by atomic mass is 9.87. The molecule has 1 aromatic rings. The summed E-state index contributed by atoms with van der Waals surface area (Å²) in [5.41, 5.74) is 2.54. The average molecular weight is 295 g/mol. The number of anilines is 2. The van der Waals surface area contributed by atoms with Crippen LogP contribution in [0.5, 0.6) is 0 Å². The zero-order valence-electron chi connectivity index (χ0n) is 12.5. The van der Waals surface area contributed by atoms with Crippen molar-refractivity contribution in [1.82, 2.24) is 9.97 Å². The normalized spacial score (nSPS) is 22.0. The van der Waals surface area contributed by atoms with Crippen LogP contribution in [-0.4, -0.2) is 34.3 Å². The van der Waals surface area contributed by atoms with E-state index < -0.39 is 0 Å². The molecular formula is C14H25N5O2. The van der Waals surface area contributed by atoms with Crippen molar-refractivity contribution in [3.8, 4) is 0 Å². The largest absolute Gasteiger partial charge is 0.393 e. The van der Waals surface area contributed by atoms with Crippen LogP contribution in [0, 0.1) is 5.92 Å². The number of hydrogen-bond donors (Lipinski definition) is 4. The SMILES string of the molecule is CCOCc1nc(NN)cc(NCC2CCCC(O)C2)n1. The highest BCUT2D eigenvalue weighted by atomic mass is 16.5. The highest BCUT2D eigenvalue weighted by Crippen LogP contribution is 2.24. The van der Waals surface area contributed by atoms with Crippen molar-refractivity contribution in [2.24, 2.45) is 11.8 Å². The van der Waals surface area contributed by atoms with E-state index in [0.29, 0.717) is 30.8 Å². The number of ether oxygens (including phenoxy) is 1. The van der Waals surface area contributed by atoms with Crippen molar-refractivity contribution < 1.29 is 9.84 Å². The smallest absolute Gasteiger partial charge is 0.158 e. The molecule has 1 aliphatic rings. The molecule has 0 aromatic carbocycles. The van der Waals surface area contributed by atoms with Gasteiger partial charge >= 0.3 is 0 Å². The molecule has 2 unspecified atom stereocenters. The van der Waals surface area contributed by atoms with Crippen LogP contribution in [0.1, 0.15) is 38.4 Å². The number of aromatic nitrogens is 2. The van der Waals surface area contributed by atoms with Crippen LogP contribution in [0.3, 0.4) is 0 Å². The van der Waals surface area contributed by atoms with Gasteiger partial charge in [-0.15, -0.1) is 0 Å². The lowest BCUT2D eigenvalue weighted by Gasteiger charge is -2.26. The second-order valence-corrected chi connectivity index (χ2v) is 5.40. The van der Waals surface area contributed by atoms with Crippen molar-refractivity contribution in [2.45, 2.75) is 45.3 Å². The lowest BCUT2D eigenvalue weighted by molar-refractivity contribution is 0.104. The van der Waals surface area contributed by atoms with E-state index in [1.54, 1.807) is 6.07 Å². The first kappa shape index (κ1) is 15.9. The predicted molar refractivity (Wildman–Crippen MR) is 81.6 cm³/mol. The van der Waals surface area contributed by atoms with E-state index in [-0.39, 0.29) is 6.10 Å². The minimum atomic E-state index is -0.161. The van der Waals surface area contributed by atoms with Crippen molar-refractivity contribution >= 4 is 11.6 Å². The quantitative estimate of drug-likeness (QED) is 0.443. The highest BCUT2D eigenvalue weighted by Gasteiger charge is 2.20. The lowest BCUT2D eigenvalue weighted by Crippen LogP contribution is -2.25. The number of aliphatic hydroxyl groups is 1. The van der Waals surface area contributed by atoms with E-state index >= 15 is 0 Å². The molecule has 0 aliphatic heterocycles. The van der Waals surface area contributed by atoms with Crippen LogP contribution < -0.4 is 16.6 Å². The molecule has 2 rings (SSSR count). The predicted octanol–water partition coefficient (Wildman–Crippen LogP) is 1.26. The number of nitrogen functional groups attached to an aromatic ring is 1. The van der Waals surface area contributed by atoms with Crippen LogP contribution in [-0.2, 0) is 11.3 Å². The Balaban J connectivity index is 1.94. The molecule has 0 amide bonds. The Bertz CT molecular complexity index is 443. The van der Waals surface area contributed by atoms with E-state index in [4.69, 9.17) is 10.6 Å². The summed E-state index contributed by atoms with van der Waals surface area (Å²) in [6.07, 6.45) is 3.84. The Labute approximate surface area is 125 Å². The number of hydrazine groups is 1. The molecule has 1 fully saturated rings. The molecule has 7 heteroatoms. The summed E-state index contributed by atoms with van der Waals surface area (Å²) in [5, 5.41) is 13.0. The molecule has 21 heavy (non-hydrogen) atoms. The average Bonchev–Trinajstić information content (AvgIpc) is 2.51. The van der Waals surface area contributed by atoms with Crippen LogP contribution >= 0.6 is 0 Å². The van der Waals surface area contributed by atoms with Gasteiger partial charge in [-0.2, -0.15) is 0 Å². The second-order valence-electron chi connectivity index (χ2n) is 5.40. The van der Waals surface area contributed by atoms with Crippen LogP contribution in [0.2, 0.25) is 0 Å². The van der Waals surface area contributed by atoms with Crippen molar-refractivity contribution in [3.63, 3.8) is 0 Å². The van der Waals surface area contributed by atoms with Gasteiger partial charge < -0.3 is 20.6 Å². The Morgan fingerprint density at radius 2 is 2.19 bits per heavy atom. The molecule has 2 atom stereocenters. The standard InChI is InChI=1S/C14H25N5O2/c1-2-21-9-14-17-12(7-13(18-14)19-15)16-8-10-4-3-5-11(20)6-10/h7,10-11,20H,2-6,8-9,15H2,1H3,(H2,16,17,18,19). The third kappa shape index (κ3) is 5.11. The number of hydrogen-bond acceptors (Lipinski definition) is 7. The molecule has 1 heterocycles. The van der Waals surface area contributed by atoms with Gasteiger partial charge in [0.25, 0.3) is 0 Å². The van der Waals surface area contributed by atoms with Crippen molar-refractivity contribution in [2.75, 3.05) is 23.9 Å². The maximum Gasteiger partial charge on any atom is 0.158 e. The van der Waals surface area contributed by atoms with Gasteiger partial charge in [-0.05, 0) is 32.1 Å². The van der Waals surface area contributed by atoms with Gasteiger partial charge in [0.15, 0.2) is 5.82 Å². The molecule has 1 saturated carbocycles. The molecule has 1 aliphatic carbocycles. The fourth-order valence-corrected chi connectivity index (χ4v) is 2.62. The number of rotatable bonds is 7. The molecule has 0 bridgehead atoms. The molecule has 1 aromatic heterocycles. The number of nitrogens with zero attached hydrogens (tertiary/aromatic N) is 2. The minimum absolute atomic E-state index is 0.161. The van der Waals surface area contributed by atoms with Crippen LogP contribution in [0.4, 0.5) is 11.6 Å². The fraction of sp³-hybridized carbons (Fsp3) is 0.714. The summed E-state index contributed by atoms with van der Waals surface area (Å²) < 4.78 is 5.33. The van der Waals surface area contributed by atoms with Crippen LogP contribution in [0.25, 0.3) is 0 Å². The Morgan fingerprint density at radius 3 is 2.90 bits per heavy atom. The Kier molecular flexibility index (Phi) is 6.16. The number of aliphatic hydroxyl groups excluding tert-OH is 1. The zero-order valence-corrected chi connectivity index (χ0v) is 12.5. The van der Waals surface area contributed by atoms with E-state index in [0.717, 1.165) is 38.0 Å². The van der Waals surface area contributed by atoms with E-state index in [2.05, 4.69) is 20.7 Å². The molecule has 7 nitrogen and oxygen atoms in total. The first-order valence-electron chi connectivity index (χ1n) is 7.55.